The summed E-state index contributed by atoms with van der Waals surface area (Å²) < 4.78 is 14.3. The van der Waals surface area contributed by atoms with Gasteiger partial charge < -0.3 is 20.1 Å². The predicted molar refractivity (Wildman–Crippen MR) is 106 cm³/mol. The highest BCUT2D eigenvalue weighted by atomic mass is 19.1. The minimum atomic E-state index is -0.720. The molecule has 1 amide bonds. The number of aromatic hydroxyl groups is 1. The van der Waals surface area contributed by atoms with Gasteiger partial charge in [0.15, 0.2) is 5.75 Å². The number of carbonyl (C=O) groups excluding carboxylic acids is 1. The molecule has 2 aromatic heterocycles. The molecule has 2 heterocycles. The van der Waals surface area contributed by atoms with Crippen LogP contribution in [-0.2, 0) is 13.5 Å². The van der Waals surface area contributed by atoms with Crippen LogP contribution in [-0.4, -0.2) is 38.8 Å². The van der Waals surface area contributed by atoms with Crippen molar-refractivity contribution < 1.29 is 19.4 Å². The van der Waals surface area contributed by atoms with Gasteiger partial charge in [-0.25, -0.2) is 4.39 Å². The van der Waals surface area contributed by atoms with E-state index in [0.29, 0.717) is 11.9 Å². The van der Waals surface area contributed by atoms with E-state index in [1.165, 1.54) is 23.7 Å². The Labute approximate surface area is 166 Å². The zero-order valence-corrected chi connectivity index (χ0v) is 16.1. The van der Waals surface area contributed by atoms with Crippen LogP contribution in [0.5, 0.6) is 5.75 Å². The Balaban J connectivity index is 1.98. The van der Waals surface area contributed by atoms with E-state index in [-0.39, 0.29) is 36.0 Å². The molecule has 0 fully saturated rings. The Kier molecular flexibility index (Phi) is 5.93. The third-order valence-corrected chi connectivity index (χ3v) is 4.74. The van der Waals surface area contributed by atoms with Crippen LogP contribution in [0.25, 0.3) is 11.0 Å². The van der Waals surface area contributed by atoms with Gasteiger partial charge in [-0.1, -0.05) is 19.1 Å². The van der Waals surface area contributed by atoms with Crippen molar-refractivity contribution in [1.82, 2.24) is 14.9 Å². The van der Waals surface area contributed by atoms with E-state index in [4.69, 9.17) is 5.11 Å². The van der Waals surface area contributed by atoms with Gasteiger partial charge in [0, 0.05) is 26.4 Å². The molecule has 0 saturated carbocycles. The van der Waals surface area contributed by atoms with Gasteiger partial charge in [-0.05, 0) is 41.7 Å². The second kappa shape index (κ2) is 8.40. The number of rotatable bonds is 6. The second-order valence-electron chi connectivity index (χ2n) is 7.10. The highest BCUT2D eigenvalue weighted by Crippen LogP contribution is 2.25. The quantitative estimate of drug-likeness (QED) is 0.586. The topological polar surface area (TPSA) is 104 Å². The number of amides is 1. The average molecular weight is 399 g/mol. The molecule has 3 rings (SSSR count). The highest BCUT2D eigenvalue weighted by molar-refractivity contribution is 6.01. The van der Waals surface area contributed by atoms with Crippen molar-refractivity contribution in [3.8, 4) is 5.75 Å². The first kappa shape index (κ1) is 20.5. The third kappa shape index (κ3) is 4.27. The minimum Gasteiger partial charge on any atom is -0.505 e. The summed E-state index contributed by atoms with van der Waals surface area (Å²) in [4.78, 5) is 29.4. The fourth-order valence-corrected chi connectivity index (χ4v) is 2.99. The molecule has 0 aliphatic rings. The van der Waals surface area contributed by atoms with Crippen molar-refractivity contribution in [3.63, 3.8) is 0 Å². The molecular weight excluding hydrogens is 377 g/mol. The molecule has 1 aromatic carbocycles. The number of aromatic nitrogens is 2. The fraction of sp³-hybridized carbons (Fsp3) is 0.286. The van der Waals surface area contributed by atoms with E-state index < -0.39 is 17.2 Å². The number of benzene rings is 1. The number of aliphatic hydroxyl groups is 1. The van der Waals surface area contributed by atoms with Crippen LogP contribution >= 0.6 is 0 Å². The summed E-state index contributed by atoms with van der Waals surface area (Å²) >= 11 is 0. The van der Waals surface area contributed by atoms with Gasteiger partial charge in [0.2, 0.25) is 0 Å². The summed E-state index contributed by atoms with van der Waals surface area (Å²) in [6, 6.07) is 7.78. The van der Waals surface area contributed by atoms with E-state index in [1.54, 1.807) is 31.3 Å². The van der Waals surface area contributed by atoms with E-state index in [9.17, 15) is 19.1 Å². The Morgan fingerprint density at radius 1 is 1.28 bits per heavy atom. The largest absolute Gasteiger partial charge is 0.505 e. The van der Waals surface area contributed by atoms with Crippen LogP contribution in [0.4, 0.5) is 4.39 Å². The van der Waals surface area contributed by atoms with Gasteiger partial charge in [-0.2, -0.15) is 0 Å². The Hall–Kier alpha value is -3.26. The van der Waals surface area contributed by atoms with Gasteiger partial charge in [0.25, 0.3) is 11.5 Å². The van der Waals surface area contributed by atoms with Crippen LogP contribution in [0, 0.1) is 11.7 Å². The molecule has 0 aliphatic carbocycles. The van der Waals surface area contributed by atoms with Crippen LogP contribution in [0.3, 0.4) is 0 Å². The first-order valence-corrected chi connectivity index (χ1v) is 9.16. The third-order valence-electron chi connectivity index (χ3n) is 4.74. The summed E-state index contributed by atoms with van der Waals surface area (Å²) in [5.41, 5.74) is 1.12. The van der Waals surface area contributed by atoms with Crippen LogP contribution in [0.2, 0.25) is 0 Å². The number of nitrogens with one attached hydrogen (secondary N) is 1. The molecule has 0 aliphatic heterocycles. The molecule has 3 aromatic rings. The lowest BCUT2D eigenvalue weighted by molar-refractivity contribution is 0.0938. The lowest BCUT2D eigenvalue weighted by Crippen LogP contribution is -2.35. The standard InChI is InChI=1S/C21H22FN3O4/c1-12(11-26)9-24-20(28)17-19(27)18-16(25(2)21(17)29)8-14(10-23-18)7-13-3-5-15(22)6-4-13/h3-6,8,10,12,26-27H,7,9,11H2,1-2H3,(H,24,28)/t12-/m0/s1. The summed E-state index contributed by atoms with van der Waals surface area (Å²) in [5.74, 6) is -1.71. The highest BCUT2D eigenvalue weighted by Gasteiger charge is 2.22. The van der Waals surface area contributed by atoms with Crippen molar-refractivity contribution in [2.45, 2.75) is 13.3 Å². The Morgan fingerprint density at radius 2 is 1.97 bits per heavy atom. The number of fused-ring (bicyclic) bond motifs is 1. The summed E-state index contributed by atoms with van der Waals surface area (Å²) in [6.45, 7) is 1.79. The average Bonchev–Trinajstić information content (AvgIpc) is 2.72. The van der Waals surface area contributed by atoms with Crippen LogP contribution in [0.15, 0.2) is 41.3 Å². The molecule has 0 unspecified atom stereocenters. The molecular formula is C21H22FN3O4. The molecule has 0 bridgehead atoms. The van der Waals surface area contributed by atoms with E-state index in [2.05, 4.69) is 10.3 Å². The monoisotopic (exact) mass is 399 g/mol. The number of halogens is 1. The maximum atomic E-state index is 13.1. The smallest absolute Gasteiger partial charge is 0.267 e. The van der Waals surface area contributed by atoms with Gasteiger partial charge in [-0.3, -0.25) is 14.6 Å². The Bertz CT molecular complexity index is 1110. The lowest BCUT2D eigenvalue weighted by atomic mass is 10.1. The fourth-order valence-electron chi connectivity index (χ4n) is 2.99. The van der Waals surface area contributed by atoms with Crippen molar-refractivity contribution in [1.29, 1.82) is 0 Å². The van der Waals surface area contributed by atoms with E-state index in [1.807, 2.05) is 0 Å². The molecule has 152 valence electrons. The number of aliphatic hydroxyl groups excluding tert-OH is 1. The van der Waals surface area contributed by atoms with Crippen LogP contribution in [0.1, 0.15) is 28.4 Å². The maximum Gasteiger partial charge on any atom is 0.267 e. The number of aryl methyl sites for hydroxylation is 1. The zero-order valence-electron chi connectivity index (χ0n) is 16.1. The number of hydrogen-bond acceptors (Lipinski definition) is 5. The number of nitrogens with zero attached hydrogens (tertiary/aromatic N) is 2. The zero-order chi connectivity index (χ0) is 21.1. The van der Waals surface area contributed by atoms with Crippen LogP contribution < -0.4 is 10.9 Å². The summed E-state index contributed by atoms with van der Waals surface area (Å²) in [7, 11) is 1.50. The second-order valence-corrected chi connectivity index (χ2v) is 7.10. The normalized spacial score (nSPS) is 12.1. The van der Waals surface area contributed by atoms with Gasteiger partial charge in [-0.15, -0.1) is 0 Å². The van der Waals surface area contributed by atoms with Crippen molar-refractivity contribution in [3.05, 3.63) is 69.4 Å². The van der Waals surface area contributed by atoms with Crippen molar-refractivity contribution in [2.75, 3.05) is 13.2 Å². The predicted octanol–water partition coefficient (Wildman–Crippen LogP) is 1.73. The molecule has 8 heteroatoms. The van der Waals surface area contributed by atoms with Gasteiger partial charge in [0.05, 0.1) is 5.52 Å². The molecule has 7 nitrogen and oxygen atoms in total. The number of pyridine rings is 2. The first-order valence-electron chi connectivity index (χ1n) is 9.16. The molecule has 0 saturated heterocycles. The molecule has 0 spiro atoms. The van der Waals surface area contributed by atoms with E-state index >= 15 is 0 Å². The summed E-state index contributed by atoms with van der Waals surface area (Å²) in [6.07, 6.45) is 2.02. The molecule has 1 atom stereocenters. The van der Waals surface area contributed by atoms with E-state index in [0.717, 1.165) is 11.1 Å². The molecule has 0 radical (unpaired) electrons. The van der Waals surface area contributed by atoms with Gasteiger partial charge in [0.1, 0.15) is 16.9 Å². The lowest BCUT2D eigenvalue weighted by Gasteiger charge is -2.14. The summed E-state index contributed by atoms with van der Waals surface area (Å²) in [5, 5.41) is 22.1. The Morgan fingerprint density at radius 3 is 2.62 bits per heavy atom. The van der Waals surface area contributed by atoms with Gasteiger partial charge >= 0.3 is 0 Å². The first-order chi connectivity index (χ1) is 13.8. The maximum absolute atomic E-state index is 13.1. The molecule has 3 N–H and O–H groups in total. The number of carbonyl (C=O) groups is 1. The SMILES string of the molecule is C[C@H](CO)CNC(=O)c1c(O)c2ncc(Cc3ccc(F)cc3)cc2n(C)c1=O. The van der Waals surface area contributed by atoms with Crippen molar-refractivity contribution in [2.24, 2.45) is 13.0 Å². The minimum absolute atomic E-state index is 0.111. The van der Waals surface area contributed by atoms with Crippen molar-refractivity contribution >= 4 is 16.9 Å². The molecule has 29 heavy (non-hydrogen) atoms. The number of hydrogen-bond donors (Lipinski definition) is 3.